The molecule has 1 heterocycles. The maximum Gasteiger partial charge on any atom is 0.417 e. The number of H-pyrrole nitrogens is 1. The molecule has 0 bridgehead atoms. The number of rotatable bonds is 4. The van der Waals surface area contributed by atoms with Crippen molar-refractivity contribution in [2.75, 3.05) is 0 Å². The van der Waals surface area contributed by atoms with Crippen LogP contribution in [0.5, 0.6) is 5.75 Å². The van der Waals surface area contributed by atoms with E-state index in [1.165, 1.54) is 19.1 Å². The first-order valence-electron chi connectivity index (χ1n) is 7.97. The first kappa shape index (κ1) is 19.8. The van der Waals surface area contributed by atoms with E-state index in [0.717, 1.165) is 12.1 Å². The van der Waals surface area contributed by atoms with E-state index in [1.807, 2.05) is 0 Å². The predicted octanol–water partition coefficient (Wildman–Crippen LogP) is 5.12. The van der Waals surface area contributed by atoms with Crippen molar-refractivity contribution in [3.8, 4) is 5.75 Å². The maximum absolute atomic E-state index is 12.9. The molecule has 0 spiro atoms. The molecular weight excluding hydrogens is 399 g/mol. The number of nitrogens with one attached hydrogen (secondary N) is 1. The second kappa shape index (κ2) is 7.55. The molecule has 2 aromatic carbocycles. The van der Waals surface area contributed by atoms with Crippen molar-refractivity contribution in [2.45, 2.75) is 19.7 Å². The highest BCUT2D eigenvalue weighted by Crippen LogP contribution is 2.35. The van der Waals surface area contributed by atoms with Crippen LogP contribution in [0.25, 0.3) is 10.9 Å². The van der Waals surface area contributed by atoms with Crippen LogP contribution < -0.4 is 4.74 Å². The molecule has 0 unspecified atom stereocenters. The number of benzene rings is 2. The van der Waals surface area contributed by atoms with Crippen molar-refractivity contribution in [2.24, 2.45) is 0 Å². The Labute approximate surface area is 162 Å². The summed E-state index contributed by atoms with van der Waals surface area (Å²) in [6.45, 7) is 0.915. The molecule has 0 aliphatic carbocycles. The highest BCUT2D eigenvalue weighted by molar-refractivity contribution is 6.31. The number of hydrogen-bond acceptors (Lipinski definition) is 4. The second-order valence-electron chi connectivity index (χ2n) is 5.91. The van der Waals surface area contributed by atoms with Crippen molar-refractivity contribution in [3.05, 3.63) is 64.3 Å². The van der Waals surface area contributed by atoms with Gasteiger partial charge in [-0.05, 0) is 42.0 Å². The average molecular weight is 412 g/mol. The minimum absolute atomic E-state index is 0.111. The van der Waals surface area contributed by atoms with Gasteiger partial charge in [0.25, 0.3) is 0 Å². The molecule has 9 heteroatoms. The Morgan fingerprint density at radius 3 is 2.54 bits per heavy atom. The van der Waals surface area contributed by atoms with Gasteiger partial charge in [0.2, 0.25) is 0 Å². The third-order valence-corrected chi connectivity index (χ3v) is 4.11. The van der Waals surface area contributed by atoms with Crippen LogP contribution >= 0.6 is 11.6 Å². The zero-order valence-electron chi connectivity index (χ0n) is 14.4. The van der Waals surface area contributed by atoms with Crippen LogP contribution in [0.2, 0.25) is 5.02 Å². The van der Waals surface area contributed by atoms with E-state index in [0.29, 0.717) is 16.7 Å². The van der Waals surface area contributed by atoms with Gasteiger partial charge in [-0.3, -0.25) is 4.79 Å². The number of carbonyl (C=O) groups is 2. The first-order chi connectivity index (χ1) is 13.1. The smallest absolute Gasteiger partial charge is 0.417 e. The normalized spacial score (nSPS) is 11.5. The summed E-state index contributed by atoms with van der Waals surface area (Å²) in [7, 11) is 0. The molecule has 0 amide bonds. The largest absolute Gasteiger partial charge is 0.456 e. The highest BCUT2D eigenvalue weighted by Gasteiger charge is 2.33. The van der Waals surface area contributed by atoms with Crippen LogP contribution in [0.3, 0.4) is 0 Å². The third-order valence-electron chi connectivity index (χ3n) is 3.78. The Morgan fingerprint density at radius 2 is 1.86 bits per heavy atom. The summed E-state index contributed by atoms with van der Waals surface area (Å²) in [4.78, 5) is 26.1. The van der Waals surface area contributed by atoms with Crippen LogP contribution in [0.4, 0.5) is 13.2 Å². The topological polar surface area (TPSA) is 68.4 Å². The lowest BCUT2D eigenvalue weighted by atomic mass is 10.1. The number of esters is 2. The fourth-order valence-electron chi connectivity index (χ4n) is 2.56. The van der Waals surface area contributed by atoms with Gasteiger partial charge in [0.1, 0.15) is 18.1 Å². The van der Waals surface area contributed by atoms with Crippen LogP contribution in [-0.4, -0.2) is 16.9 Å². The van der Waals surface area contributed by atoms with E-state index in [9.17, 15) is 22.8 Å². The minimum atomic E-state index is -4.60. The minimum Gasteiger partial charge on any atom is -0.456 e. The highest BCUT2D eigenvalue weighted by atomic mass is 35.5. The molecule has 0 aliphatic rings. The quantitative estimate of drug-likeness (QED) is 0.478. The van der Waals surface area contributed by atoms with Gasteiger partial charge in [-0.1, -0.05) is 17.7 Å². The van der Waals surface area contributed by atoms with Gasteiger partial charge in [-0.25, -0.2) is 4.79 Å². The molecule has 146 valence electrons. The molecule has 1 N–H and O–H groups in total. The van der Waals surface area contributed by atoms with E-state index in [4.69, 9.17) is 21.1 Å². The summed E-state index contributed by atoms with van der Waals surface area (Å²) >= 11 is 5.56. The SMILES string of the molecule is CC(=O)Oc1ccc2[nH]c(C(=O)OCc3ccc(Cl)c(C(F)(F)F)c3)cc2c1. The van der Waals surface area contributed by atoms with Gasteiger partial charge < -0.3 is 14.5 Å². The van der Waals surface area contributed by atoms with E-state index in [-0.39, 0.29) is 17.9 Å². The fourth-order valence-corrected chi connectivity index (χ4v) is 2.78. The summed E-state index contributed by atoms with van der Waals surface area (Å²) < 4.78 is 48.7. The second-order valence-corrected chi connectivity index (χ2v) is 6.32. The standard InChI is InChI=1S/C19H13ClF3NO4/c1-10(25)28-13-3-5-16-12(7-13)8-17(24-16)18(26)27-9-11-2-4-15(20)14(6-11)19(21,22)23/h2-8,24H,9H2,1H3. The molecule has 0 radical (unpaired) electrons. The molecule has 28 heavy (non-hydrogen) atoms. The lowest BCUT2D eigenvalue weighted by molar-refractivity contribution is -0.137. The summed E-state index contributed by atoms with van der Waals surface area (Å²) in [6.07, 6.45) is -4.60. The number of alkyl halides is 3. The Kier molecular flexibility index (Phi) is 5.33. The van der Waals surface area contributed by atoms with Crippen molar-refractivity contribution in [1.82, 2.24) is 4.98 Å². The number of halogens is 4. The zero-order chi connectivity index (χ0) is 20.5. The molecule has 0 saturated carbocycles. The van der Waals surface area contributed by atoms with Crippen LogP contribution in [0.1, 0.15) is 28.5 Å². The maximum atomic E-state index is 12.9. The van der Waals surface area contributed by atoms with Crippen molar-refractivity contribution in [1.29, 1.82) is 0 Å². The molecule has 0 fully saturated rings. The van der Waals surface area contributed by atoms with Crippen LogP contribution in [-0.2, 0) is 22.3 Å². The molecule has 0 aliphatic heterocycles. The van der Waals surface area contributed by atoms with Crippen LogP contribution in [0.15, 0.2) is 42.5 Å². The summed E-state index contributed by atoms with van der Waals surface area (Å²) in [5.74, 6) is -0.899. The van der Waals surface area contributed by atoms with Gasteiger partial charge in [0.05, 0.1) is 10.6 Å². The molecule has 3 aromatic rings. The molecule has 0 atom stereocenters. The van der Waals surface area contributed by atoms with E-state index >= 15 is 0 Å². The number of fused-ring (bicyclic) bond motifs is 1. The van der Waals surface area contributed by atoms with Gasteiger partial charge in [0.15, 0.2) is 0 Å². The fraction of sp³-hybridized carbons (Fsp3) is 0.158. The van der Waals surface area contributed by atoms with Crippen molar-refractivity contribution >= 4 is 34.4 Å². The monoisotopic (exact) mass is 411 g/mol. The van der Waals surface area contributed by atoms with Gasteiger partial charge >= 0.3 is 18.1 Å². The molecule has 5 nitrogen and oxygen atoms in total. The van der Waals surface area contributed by atoms with Gasteiger partial charge in [-0.2, -0.15) is 13.2 Å². The molecule has 3 rings (SSSR count). The Balaban J connectivity index is 1.74. The van der Waals surface area contributed by atoms with E-state index in [1.54, 1.807) is 18.2 Å². The predicted molar refractivity (Wildman–Crippen MR) is 95.2 cm³/mol. The Morgan fingerprint density at radius 1 is 1.11 bits per heavy atom. The average Bonchev–Trinajstić information content (AvgIpc) is 3.02. The summed E-state index contributed by atoms with van der Waals surface area (Å²) in [5.41, 5.74) is -0.127. The van der Waals surface area contributed by atoms with Gasteiger partial charge in [0, 0.05) is 17.8 Å². The van der Waals surface area contributed by atoms with E-state index < -0.39 is 28.7 Å². The molecule has 0 saturated heterocycles. The third kappa shape index (κ3) is 4.45. The summed E-state index contributed by atoms with van der Waals surface area (Å²) in [6, 6.07) is 9.54. The zero-order valence-corrected chi connectivity index (χ0v) is 15.1. The summed E-state index contributed by atoms with van der Waals surface area (Å²) in [5, 5.41) is 0.179. The Bertz CT molecular complexity index is 1060. The number of ether oxygens (including phenoxy) is 2. The van der Waals surface area contributed by atoms with Crippen molar-refractivity contribution < 1.29 is 32.2 Å². The number of aromatic amines is 1. The number of carbonyl (C=O) groups excluding carboxylic acids is 2. The van der Waals surface area contributed by atoms with E-state index in [2.05, 4.69) is 4.98 Å². The lowest BCUT2D eigenvalue weighted by Crippen LogP contribution is -2.09. The molecule has 1 aromatic heterocycles. The number of hydrogen-bond donors (Lipinski definition) is 1. The first-order valence-corrected chi connectivity index (χ1v) is 8.35. The van der Waals surface area contributed by atoms with Crippen molar-refractivity contribution in [3.63, 3.8) is 0 Å². The van der Waals surface area contributed by atoms with Crippen LogP contribution in [0, 0.1) is 0 Å². The Hall–Kier alpha value is -3.00. The molecular formula is C19H13ClF3NO4. The lowest BCUT2D eigenvalue weighted by Gasteiger charge is -2.11. The number of aromatic nitrogens is 1. The van der Waals surface area contributed by atoms with Gasteiger partial charge in [-0.15, -0.1) is 0 Å².